The van der Waals surface area contributed by atoms with Gasteiger partial charge in [-0.15, -0.1) is 0 Å². The standard InChI is InChI=1S/C46H56ClFN6O6/c1-8-58-44(56)43-35(12-10-26-59-38-13-9-11-31-27-32(48)14-15-34(31)38)36-16-17-37(47)41(40-29(2)49-50(7)30(40)3)42(36)54(43)24-22-51-20-18-33(19-21-51)53-25-23-52(28-39(53)55)45(57)60-46(4,5)6/h9,11,13-17,27,33H,8,10,12,18-26,28H2,1-7H3. The number of likely N-dealkylation sites (tertiary alicyclic amines) is 1. The normalized spacial score (nSPS) is 15.7. The number of carbonyl (C=O) groups is 3. The molecule has 2 saturated heterocycles. The van der Waals surface area contributed by atoms with E-state index in [0.29, 0.717) is 62.1 Å². The third-order valence-corrected chi connectivity index (χ3v) is 12.0. The van der Waals surface area contributed by atoms with Crippen LogP contribution in [-0.2, 0) is 34.3 Å². The van der Waals surface area contributed by atoms with Crippen LogP contribution in [0.3, 0.4) is 0 Å². The van der Waals surface area contributed by atoms with Crippen LogP contribution in [0, 0.1) is 19.7 Å². The number of piperidine rings is 1. The van der Waals surface area contributed by atoms with Crippen molar-refractivity contribution in [1.82, 2.24) is 29.0 Å². The lowest BCUT2D eigenvalue weighted by atomic mass is 9.98. The number of aryl methyl sites for hydroxylation is 3. The highest BCUT2D eigenvalue weighted by molar-refractivity contribution is 6.35. The van der Waals surface area contributed by atoms with Crippen LogP contribution in [0.25, 0.3) is 32.8 Å². The third-order valence-electron chi connectivity index (χ3n) is 11.7. The molecule has 7 rings (SSSR count). The zero-order chi connectivity index (χ0) is 42.9. The third kappa shape index (κ3) is 8.97. The molecule has 0 aliphatic carbocycles. The number of fused-ring (bicyclic) bond motifs is 2. The van der Waals surface area contributed by atoms with Crippen molar-refractivity contribution in [1.29, 1.82) is 0 Å². The Kier molecular flexibility index (Phi) is 12.8. The van der Waals surface area contributed by atoms with E-state index in [9.17, 15) is 18.8 Å². The molecular formula is C46H56ClFN6O6. The average molecular weight is 843 g/mol. The molecule has 4 heterocycles. The van der Waals surface area contributed by atoms with E-state index >= 15 is 0 Å². The van der Waals surface area contributed by atoms with Gasteiger partial charge in [0.15, 0.2) is 0 Å². The van der Waals surface area contributed by atoms with E-state index in [1.54, 1.807) is 6.07 Å². The summed E-state index contributed by atoms with van der Waals surface area (Å²) in [4.78, 5) is 45.9. The Morgan fingerprint density at radius 2 is 1.72 bits per heavy atom. The molecule has 5 aromatic rings. The molecular weight excluding hydrogens is 787 g/mol. The van der Waals surface area contributed by atoms with Crippen molar-refractivity contribution in [2.75, 3.05) is 52.5 Å². The predicted molar refractivity (Wildman–Crippen MR) is 231 cm³/mol. The Morgan fingerprint density at radius 3 is 2.40 bits per heavy atom. The Balaban J connectivity index is 1.14. The zero-order valence-electron chi connectivity index (χ0n) is 35.8. The number of hydrogen-bond donors (Lipinski definition) is 0. The average Bonchev–Trinajstić information content (AvgIpc) is 3.65. The minimum absolute atomic E-state index is 0.0199. The number of hydrogen-bond acceptors (Lipinski definition) is 8. The maximum atomic E-state index is 14.2. The smallest absolute Gasteiger partial charge is 0.410 e. The fraction of sp³-hybridized carbons (Fsp3) is 0.478. The van der Waals surface area contributed by atoms with E-state index in [1.807, 2.05) is 88.5 Å². The van der Waals surface area contributed by atoms with Crippen LogP contribution in [0.4, 0.5) is 9.18 Å². The van der Waals surface area contributed by atoms with E-state index in [1.165, 1.54) is 17.0 Å². The van der Waals surface area contributed by atoms with Gasteiger partial charge in [-0.3, -0.25) is 14.4 Å². The number of rotatable bonds is 12. The van der Waals surface area contributed by atoms with Crippen LogP contribution in [0.15, 0.2) is 48.5 Å². The van der Waals surface area contributed by atoms with Gasteiger partial charge in [0.2, 0.25) is 5.91 Å². The monoisotopic (exact) mass is 842 g/mol. The van der Waals surface area contributed by atoms with Crippen molar-refractivity contribution >= 4 is 51.2 Å². The summed E-state index contributed by atoms with van der Waals surface area (Å²) < 4.78 is 35.5. The number of ether oxygens (including phenoxy) is 3. The Morgan fingerprint density at radius 1 is 0.967 bits per heavy atom. The minimum atomic E-state index is -0.627. The maximum Gasteiger partial charge on any atom is 0.410 e. The van der Waals surface area contributed by atoms with Gasteiger partial charge < -0.3 is 28.6 Å². The van der Waals surface area contributed by atoms with Gasteiger partial charge in [0.05, 0.1) is 29.4 Å². The van der Waals surface area contributed by atoms with Crippen LogP contribution in [-0.4, -0.2) is 111 Å². The molecule has 0 spiro atoms. The molecule has 2 fully saturated rings. The predicted octanol–water partition coefficient (Wildman–Crippen LogP) is 8.34. The molecule has 60 heavy (non-hydrogen) atoms. The molecule has 2 aliphatic rings. The van der Waals surface area contributed by atoms with Gasteiger partial charge >= 0.3 is 12.1 Å². The highest BCUT2D eigenvalue weighted by atomic mass is 35.5. The van der Waals surface area contributed by atoms with E-state index in [4.69, 9.17) is 30.9 Å². The first-order valence-corrected chi connectivity index (χ1v) is 21.3. The number of carbonyl (C=O) groups excluding carboxylic acids is 3. The zero-order valence-corrected chi connectivity index (χ0v) is 36.5. The van der Waals surface area contributed by atoms with Gasteiger partial charge in [0.1, 0.15) is 29.4 Å². The van der Waals surface area contributed by atoms with Gasteiger partial charge in [0, 0.05) is 80.0 Å². The molecule has 0 unspecified atom stereocenters. The molecule has 2 amide bonds. The summed E-state index contributed by atoms with van der Waals surface area (Å²) in [6.45, 7) is 15.5. The number of piperazine rings is 1. The largest absolute Gasteiger partial charge is 0.493 e. The molecule has 320 valence electrons. The van der Waals surface area contributed by atoms with Crippen molar-refractivity contribution in [3.63, 3.8) is 0 Å². The summed E-state index contributed by atoms with van der Waals surface area (Å²) in [6, 6.07) is 14.3. The molecule has 0 saturated carbocycles. The Labute approximate surface area is 356 Å². The highest BCUT2D eigenvalue weighted by Crippen LogP contribution is 2.42. The molecule has 0 N–H and O–H groups in total. The van der Waals surface area contributed by atoms with Gasteiger partial charge in [0.25, 0.3) is 0 Å². The van der Waals surface area contributed by atoms with E-state index in [0.717, 1.165) is 75.7 Å². The van der Waals surface area contributed by atoms with Crippen molar-refractivity contribution in [2.45, 2.75) is 85.4 Å². The fourth-order valence-corrected chi connectivity index (χ4v) is 9.06. The summed E-state index contributed by atoms with van der Waals surface area (Å²) in [5.41, 5.74) is 5.16. The van der Waals surface area contributed by atoms with Gasteiger partial charge in [-0.25, -0.2) is 14.0 Å². The molecule has 2 aliphatic heterocycles. The number of aromatic nitrogens is 3. The first-order chi connectivity index (χ1) is 28.6. The molecule has 2 aromatic heterocycles. The van der Waals surface area contributed by atoms with E-state index in [2.05, 4.69) is 9.47 Å². The molecule has 0 atom stereocenters. The second-order valence-corrected chi connectivity index (χ2v) is 17.2. The number of amides is 2. The summed E-state index contributed by atoms with van der Waals surface area (Å²) in [5.74, 6) is -0.0792. The number of benzene rings is 3. The fourth-order valence-electron chi connectivity index (χ4n) is 8.81. The molecule has 0 bridgehead atoms. The Bertz CT molecular complexity index is 2410. The van der Waals surface area contributed by atoms with Gasteiger partial charge in [-0.05, 0) is 109 Å². The summed E-state index contributed by atoms with van der Waals surface area (Å²) >= 11 is 7.14. The summed E-state index contributed by atoms with van der Waals surface area (Å²) in [7, 11) is 1.92. The molecule has 0 radical (unpaired) electrons. The lowest BCUT2D eigenvalue weighted by Gasteiger charge is -2.42. The lowest BCUT2D eigenvalue weighted by Crippen LogP contribution is -2.57. The van der Waals surface area contributed by atoms with E-state index in [-0.39, 0.29) is 30.9 Å². The van der Waals surface area contributed by atoms with Gasteiger partial charge in [-0.1, -0.05) is 29.8 Å². The summed E-state index contributed by atoms with van der Waals surface area (Å²) in [6.07, 6.45) is 2.28. The van der Waals surface area contributed by atoms with Crippen molar-refractivity contribution in [2.24, 2.45) is 7.05 Å². The Hall–Kier alpha value is -5.14. The lowest BCUT2D eigenvalue weighted by molar-refractivity contribution is -0.139. The molecule has 14 heteroatoms. The maximum absolute atomic E-state index is 14.2. The van der Waals surface area contributed by atoms with Crippen LogP contribution < -0.4 is 4.74 Å². The van der Waals surface area contributed by atoms with Crippen molar-refractivity contribution in [3.05, 3.63) is 82.0 Å². The van der Waals surface area contributed by atoms with Crippen LogP contribution in [0.2, 0.25) is 5.02 Å². The number of esters is 1. The molecule has 12 nitrogen and oxygen atoms in total. The quantitative estimate of drug-likeness (QED) is 0.0911. The second kappa shape index (κ2) is 17.8. The SMILES string of the molecule is CCOC(=O)c1c(CCCOc2cccc3cc(F)ccc23)c2ccc(Cl)c(-c3c(C)nn(C)c3C)c2n1CCN1CCC(N2CCN(C(=O)OC(C)(C)C)CC2=O)CC1. The van der Waals surface area contributed by atoms with Crippen LogP contribution in [0.1, 0.15) is 74.4 Å². The second-order valence-electron chi connectivity index (χ2n) is 16.8. The number of halogens is 2. The molecule has 3 aromatic carbocycles. The first kappa shape index (κ1) is 43.0. The van der Waals surface area contributed by atoms with Crippen LogP contribution in [0.5, 0.6) is 5.75 Å². The summed E-state index contributed by atoms with van der Waals surface area (Å²) in [5, 5.41) is 7.81. The van der Waals surface area contributed by atoms with Gasteiger partial charge in [-0.2, -0.15) is 5.10 Å². The van der Waals surface area contributed by atoms with Crippen molar-refractivity contribution in [3.8, 4) is 16.9 Å². The van der Waals surface area contributed by atoms with Crippen molar-refractivity contribution < 1.29 is 33.0 Å². The number of nitrogens with zero attached hydrogens (tertiary/aromatic N) is 6. The first-order valence-electron chi connectivity index (χ1n) is 21.0. The van der Waals surface area contributed by atoms with E-state index < -0.39 is 17.7 Å². The highest BCUT2D eigenvalue weighted by Gasteiger charge is 2.35. The van der Waals surface area contributed by atoms with Crippen LogP contribution >= 0.6 is 11.6 Å². The topological polar surface area (TPSA) is 111 Å². The minimum Gasteiger partial charge on any atom is -0.493 e.